The van der Waals surface area contributed by atoms with Gasteiger partial charge in [-0.2, -0.15) is 0 Å². The van der Waals surface area contributed by atoms with E-state index in [9.17, 15) is 9.59 Å². The van der Waals surface area contributed by atoms with Gasteiger partial charge in [0, 0.05) is 18.9 Å². The van der Waals surface area contributed by atoms with Gasteiger partial charge in [-0.3, -0.25) is 14.6 Å². The van der Waals surface area contributed by atoms with Crippen LogP contribution in [0.3, 0.4) is 0 Å². The molecule has 0 unspecified atom stereocenters. The highest BCUT2D eigenvalue weighted by atomic mass is 16.2. The second-order valence-electron chi connectivity index (χ2n) is 3.64. The average molecular weight is 204 g/mol. The largest absolute Gasteiger partial charge is 0.335 e. The van der Waals surface area contributed by atoms with Gasteiger partial charge in [-0.25, -0.2) is 0 Å². The van der Waals surface area contributed by atoms with Crippen molar-refractivity contribution >= 4 is 11.7 Å². The van der Waals surface area contributed by atoms with Crippen molar-refractivity contribution in [3.05, 3.63) is 30.1 Å². The van der Waals surface area contributed by atoms with Gasteiger partial charge in [0.2, 0.25) is 5.91 Å². The maximum atomic E-state index is 11.3. The first-order chi connectivity index (χ1) is 7.25. The third kappa shape index (κ3) is 2.40. The molecule has 1 fully saturated rings. The third-order valence-electron chi connectivity index (χ3n) is 2.46. The fourth-order valence-electron chi connectivity index (χ4n) is 1.65. The van der Waals surface area contributed by atoms with Gasteiger partial charge in [0.15, 0.2) is 5.78 Å². The quantitative estimate of drug-likeness (QED) is 0.671. The number of carbonyl (C=O) groups excluding carboxylic acids is 2. The van der Waals surface area contributed by atoms with Crippen molar-refractivity contribution < 1.29 is 9.59 Å². The molecule has 0 aliphatic carbocycles. The summed E-state index contributed by atoms with van der Waals surface area (Å²) < 4.78 is 0. The summed E-state index contributed by atoms with van der Waals surface area (Å²) in [5, 5.41) is 0. The van der Waals surface area contributed by atoms with Crippen molar-refractivity contribution in [2.45, 2.75) is 12.8 Å². The number of carbonyl (C=O) groups is 2. The van der Waals surface area contributed by atoms with Gasteiger partial charge in [-0.1, -0.05) is 6.07 Å². The van der Waals surface area contributed by atoms with Crippen LogP contribution in [0.2, 0.25) is 0 Å². The molecule has 0 N–H and O–H groups in total. The van der Waals surface area contributed by atoms with E-state index in [1.165, 1.54) is 0 Å². The van der Waals surface area contributed by atoms with Crippen LogP contribution in [0.4, 0.5) is 0 Å². The first-order valence-electron chi connectivity index (χ1n) is 4.94. The van der Waals surface area contributed by atoms with E-state index < -0.39 is 0 Å². The van der Waals surface area contributed by atoms with E-state index in [-0.39, 0.29) is 24.7 Å². The van der Waals surface area contributed by atoms with Crippen LogP contribution in [0.25, 0.3) is 0 Å². The summed E-state index contributed by atoms with van der Waals surface area (Å²) in [6.45, 7) is 0.884. The Balaban J connectivity index is 1.89. The van der Waals surface area contributed by atoms with Crippen LogP contribution in [-0.4, -0.2) is 34.7 Å². The minimum Gasteiger partial charge on any atom is -0.335 e. The Bertz CT molecular complexity index is 375. The predicted octanol–water partition coefficient (Wildman–Crippen LogP) is 0.426. The normalized spacial score (nSPS) is 16.1. The van der Waals surface area contributed by atoms with E-state index in [0.29, 0.717) is 6.54 Å². The van der Waals surface area contributed by atoms with E-state index in [0.717, 1.165) is 12.0 Å². The molecule has 2 rings (SSSR count). The average Bonchev–Trinajstić information content (AvgIpc) is 2.56. The molecule has 1 aliphatic rings. The van der Waals surface area contributed by atoms with Crippen molar-refractivity contribution in [2.75, 3.05) is 13.1 Å². The van der Waals surface area contributed by atoms with Gasteiger partial charge < -0.3 is 4.90 Å². The number of hydrogen-bond donors (Lipinski definition) is 0. The summed E-state index contributed by atoms with van der Waals surface area (Å²) >= 11 is 0. The zero-order chi connectivity index (χ0) is 10.7. The number of nitrogens with zero attached hydrogens (tertiary/aromatic N) is 2. The summed E-state index contributed by atoms with van der Waals surface area (Å²) in [4.78, 5) is 27.9. The molecule has 1 aromatic rings. The monoisotopic (exact) mass is 204 g/mol. The maximum Gasteiger partial charge on any atom is 0.230 e. The summed E-state index contributed by atoms with van der Waals surface area (Å²) in [6.07, 6.45) is 4.33. The fourth-order valence-corrected chi connectivity index (χ4v) is 1.65. The Morgan fingerprint density at radius 3 is 2.87 bits per heavy atom. The number of aromatic nitrogens is 1. The Morgan fingerprint density at radius 1 is 1.40 bits per heavy atom. The van der Waals surface area contributed by atoms with E-state index in [2.05, 4.69) is 4.98 Å². The predicted molar refractivity (Wildman–Crippen MR) is 54.1 cm³/mol. The number of hydrogen-bond acceptors (Lipinski definition) is 3. The van der Waals surface area contributed by atoms with Crippen LogP contribution < -0.4 is 0 Å². The van der Waals surface area contributed by atoms with Gasteiger partial charge in [0.05, 0.1) is 13.0 Å². The molecule has 1 aliphatic heterocycles. The highest BCUT2D eigenvalue weighted by Crippen LogP contribution is 2.07. The van der Waals surface area contributed by atoms with Crippen LogP contribution in [0.1, 0.15) is 12.0 Å². The molecule has 4 heteroatoms. The van der Waals surface area contributed by atoms with Crippen molar-refractivity contribution in [1.29, 1.82) is 0 Å². The van der Waals surface area contributed by atoms with Gasteiger partial charge in [0.1, 0.15) is 0 Å². The minimum absolute atomic E-state index is 0.0196. The maximum absolute atomic E-state index is 11.3. The summed E-state index contributed by atoms with van der Waals surface area (Å²) in [5.41, 5.74) is 1.09. The molecule has 1 amide bonds. The molecule has 78 valence electrons. The van der Waals surface area contributed by atoms with E-state index in [4.69, 9.17) is 0 Å². The highest BCUT2D eigenvalue weighted by molar-refractivity contribution is 6.05. The van der Waals surface area contributed by atoms with Crippen LogP contribution in [0.5, 0.6) is 0 Å². The standard InChI is InChI=1S/C11H12N2O2/c14-10-6-11(15)13(8-10)5-3-9-2-1-4-12-7-9/h1-2,4,7H,3,5-6,8H2. The second-order valence-corrected chi connectivity index (χ2v) is 3.64. The third-order valence-corrected chi connectivity index (χ3v) is 2.46. The van der Waals surface area contributed by atoms with Crippen LogP contribution in [0, 0.1) is 0 Å². The molecule has 0 radical (unpaired) electrons. The molecule has 0 aromatic carbocycles. The van der Waals surface area contributed by atoms with Gasteiger partial charge in [-0.05, 0) is 18.1 Å². The first kappa shape index (κ1) is 9.83. The molecular formula is C11H12N2O2. The molecule has 4 nitrogen and oxygen atoms in total. The van der Waals surface area contributed by atoms with E-state index in [1.807, 2.05) is 12.1 Å². The summed E-state index contributed by atoms with van der Waals surface area (Å²) in [5.74, 6) is -0.0323. The lowest BCUT2D eigenvalue weighted by Gasteiger charge is -2.13. The van der Waals surface area contributed by atoms with Crippen LogP contribution in [-0.2, 0) is 16.0 Å². The molecule has 1 aromatic heterocycles. The van der Waals surface area contributed by atoms with Crippen molar-refractivity contribution in [1.82, 2.24) is 9.88 Å². The zero-order valence-corrected chi connectivity index (χ0v) is 8.35. The second kappa shape index (κ2) is 4.21. The van der Waals surface area contributed by atoms with Crippen molar-refractivity contribution in [3.8, 4) is 0 Å². The Hall–Kier alpha value is -1.71. The van der Waals surface area contributed by atoms with Crippen molar-refractivity contribution in [2.24, 2.45) is 0 Å². The topological polar surface area (TPSA) is 50.3 Å². The smallest absolute Gasteiger partial charge is 0.230 e. The Kier molecular flexibility index (Phi) is 2.76. The minimum atomic E-state index is -0.0520. The summed E-state index contributed by atoms with van der Waals surface area (Å²) in [7, 11) is 0. The first-order valence-corrected chi connectivity index (χ1v) is 4.94. The molecular weight excluding hydrogens is 192 g/mol. The number of amides is 1. The lowest BCUT2D eigenvalue weighted by molar-refractivity contribution is -0.127. The van der Waals surface area contributed by atoms with Gasteiger partial charge in [0.25, 0.3) is 0 Å². The summed E-state index contributed by atoms with van der Waals surface area (Å²) in [6, 6.07) is 3.83. The van der Waals surface area contributed by atoms with Crippen molar-refractivity contribution in [3.63, 3.8) is 0 Å². The van der Waals surface area contributed by atoms with Crippen LogP contribution >= 0.6 is 0 Å². The number of ketones is 1. The fraction of sp³-hybridized carbons (Fsp3) is 0.364. The molecule has 15 heavy (non-hydrogen) atoms. The molecule has 2 heterocycles. The van der Waals surface area contributed by atoms with Gasteiger partial charge >= 0.3 is 0 Å². The highest BCUT2D eigenvalue weighted by Gasteiger charge is 2.26. The molecule has 0 spiro atoms. The molecule has 0 saturated carbocycles. The van der Waals surface area contributed by atoms with E-state index >= 15 is 0 Å². The van der Waals surface area contributed by atoms with E-state index in [1.54, 1.807) is 17.3 Å². The molecule has 0 atom stereocenters. The Labute approximate surface area is 87.9 Å². The Morgan fingerprint density at radius 2 is 2.27 bits per heavy atom. The number of Topliss-reactive ketones (excluding diaryl/α,β-unsaturated/α-hetero) is 1. The molecule has 1 saturated heterocycles. The number of pyridine rings is 1. The zero-order valence-electron chi connectivity index (χ0n) is 8.35. The molecule has 0 bridgehead atoms. The number of likely N-dealkylation sites (tertiary alicyclic amines) is 1. The SMILES string of the molecule is O=C1CC(=O)N(CCc2cccnc2)C1. The lowest BCUT2D eigenvalue weighted by Crippen LogP contribution is -2.27. The lowest BCUT2D eigenvalue weighted by atomic mass is 10.2. The van der Waals surface area contributed by atoms with Crippen LogP contribution in [0.15, 0.2) is 24.5 Å². The number of rotatable bonds is 3. The van der Waals surface area contributed by atoms with Gasteiger partial charge in [-0.15, -0.1) is 0 Å².